The lowest BCUT2D eigenvalue weighted by Gasteiger charge is -2.18. The molecule has 0 aliphatic carbocycles. The number of hydrogen-bond donors (Lipinski definition) is 1. The summed E-state index contributed by atoms with van der Waals surface area (Å²) >= 11 is 0. The number of benzene rings is 2. The Kier molecular flexibility index (Phi) is 4.94. The maximum atomic E-state index is 13.1. The predicted molar refractivity (Wildman–Crippen MR) is 107 cm³/mol. The summed E-state index contributed by atoms with van der Waals surface area (Å²) in [4.78, 5) is 14.9. The van der Waals surface area contributed by atoms with Crippen molar-refractivity contribution in [1.82, 2.24) is 5.32 Å². The average Bonchev–Trinajstić information content (AvgIpc) is 3.31. The van der Waals surface area contributed by atoms with E-state index in [9.17, 15) is 9.18 Å². The minimum Gasteiger partial charge on any atom is -0.497 e. The molecule has 0 unspecified atom stereocenters. The largest absolute Gasteiger partial charge is 0.497 e. The number of nitrogens with zero attached hydrogens (tertiary/aromatic N) is 1. The first-order valence-corrected chi connectivity index (χ1v) is 9.41. The van der Waals surface area contributed by atoms with E-state index in [1.807, 2.05) is 19.1 Å². The molecule has 146 valence electrons. The van der Waals surface area contributed by atoms with E-state index >= 15 is 0 Å². The number of furan rings is 1. The van der Waals surface area contributed by atoms with Gasteiger partial charge < -0.3 is 19.4 Å². The molecule has 0 bridgehead atoms. The van der Waals surface area contributed by atoms with Crippen LogP contribution in [-0.2, 0) is 0 Å². The fraction of sp³-hybridized carbons (Fsp3) is 0.318. The number of anilines is 1. The van der Waals surface area contributed by atoms with Gasteiger partial charge in [0.05, 0.1) is 7.11 Å². The maximum absolute atomic E-state index is 13.1. The minimum absolute atomic E-state index is 0.201. The zero-order valence-electron chi connectivity index (χ0n) is 16.0. The number of rotatable bonds is 5. The third kappa shape index (κ3) is 3.54. The van der Waals surface area contributed by atoms with E-state index in [0.29, 0.717) is 29.6 Å². The Morgan fingerprint density at radius 3 is 2.82 bits per heavy atom. The zero-order valence-corrected chi connectivity index (χ0v) is 16.0. The zero-order chi connectivity index (χ0) is 19.7. The number of methoxy groups -OCH3 is 1. The highest BCUT2D eigenvalue weighted by Crippen LogP contribution is 2.29. The number of nitrogens with one attached hydrogen (secondary N) is 1. The van der Waals surface area contributed by atoms with Crippen LogP contribution in [-0.4, -0.2) is 32.7 Å². The van der Waals surface area contributed by atoms with Crippen molar-refractivity contribution in [3.8, 4) is 5.75 Å². The molecular weight excluding hydrogens is 359 g/mol. The molecule has 2 heterocycles. The topological polar surface area (TPSA) is 54.7 Å². The molecule has 1 fully saturated rings. The molecule has 4 rings (SSSR count). The van der Waals surface area contributed by atoms with Gasteiger partial charge in [0.15, 0.2) is 5.76 Å². The quantitative estimate of drug-likeness (QED) is 0.720. The molecule has 1 aromatic heterocycles. The fourth-order valence-electron chi connectivity index (χ4n) is 3.75. The molecule has 1 saturated heterocycles. The van der Waals surface area contributed by atoms with Gasteiger partial charge >= 0.3 is 0 Å². The Balaban J connectivity index is 1.39. The first-order valence-electron chi connectivity index (χ1n) is 9.41. The van der Waals surface area contributed by atoms with Crippen molar-refractivity contribution >= 4 is 22.6 Å². The van der Waals surface area contributed by atoms with Crippen molar-refractivity contribution in [2.75, 3.05) is 31.6 Å². The maximum Gasteiger partial charge on any atom is 0.287 e. The second kappa shape index (κ2) is 7.54. The summed E-state index contributed by atoms with van der Waals surface area (Å²) in [5.41, 5.74) is 2.48. The van der Waals surface area contributed by atoms with Crippen LogP contribution in [0.5, 0.6) is 5.75 Å². The monoisotopic (exact) mass is 382 g/mol. The second-order valence-electron chi connectivity index (χ2n) is 7.21. The molecule has 5 nitrogen and oxygen atoms in total. The summed E-state index contributed by atoms with van der Waals surface area (Å²) < 4.78 is 24.1. The van der Waals surface area contributed by atoms with E-state index in [2.05, 4.69) is 10.2 Å². The molecule has 1 N–H and O–H groups in total. The van der Waals surface area contributed by atoms with Crippen LogP contribution in [0, 0.1) is 18.7 Å². The van der Waals surface area contributed by atoms with E-state index in [-0.39, 0.29) is 11.7 Å². The van der Waals surface area contributed by atoms with E-state index in [1.54, 1.807) is 25.3 Å². The van der Waals surface area contributed by atoms with E-state index < -0.39 is 0 Å². The van der Waals surface area contributed by atoms with Crippen LogP contribution < -0.4 is 15.0 Å². The summed E-state index contributed by atoms with van der Waals surface area (Å²) in [5, 5.41) is 3.91. The predicted octanol–water partition coefficient (Wildman–Crippen LogP) is 4.15. The first-order chi connectivity index (χ1) is 13.5. The molecule has 0 saturated carbocycles. The van der Waals surface area contributed by atoms with Gasteiger partial charge in [0.2, 0.25) is 0 Å². The van der Waals surface area contributed by atoms with Gasteiger partial charge in [-0.25, -0.2) is 4.39 Å². The van der Waals surface area contributed by atoms with Gasteiger partial charge in [0.1, 0.15) is 17.1 Å². The fourth-order valence-corrected chi connectivity index (χ4v) is 3.75. The Morgan fingerprint density at radius 1 is 1.29 bits per heavy atom. The number of carbonyl (C=O) groups excluding carboxylic acids is 1. The average molecular weight is 382 g/mol. The van der Waals surface area contributed by atoms with Crippen molar-refractivity contribution in [2.24, 2.45) is 5.92 Å². The van der Waals surface area contributed by atoms with Crippen LogP contribution in [0.1, 0.15) is 22.5 Å². The van der Waals surface area contributed by atoms with Gasteiger partial charge in [-0.15, -0.1) is 0 Å². The number of ether oxygens (including phenoxy) is 1. The van der Waals surface area contributed by atoms with Crippen molar-refractivity contribution < 1.29 is 18.3 Å². The Labute approximate surface area is 163 Å². The van der Waals surface area contributed by atoms with Gasteiger partial charge in [-0.05, 0) is 55.7 Å². The normalized spacial score (nSPS) is 16.5. The van der Waals surface area contributed by atoms with Gasteiger partial charge in [0, 0.05) is 42.3 Å². The van der Waals surface area contributed by atoms with Gasteiger partial charge in [-0.1, -0.05) is 0 Å². The lowest BCUT2D eigenvalue weighted by atomic mass is 10.1. The Morgan fingerprint density at radius 2 is 2.07 bits per heavy atom. The molecule has 2 aromatic carbocycles. The number of halogens is 1. The summed E-state index contributed by atoms with van der Waals surface area (Å²) in [7, 11) is 1.60. The van der Waals surface area contributed by atoms with E-state index in [1.165, 1.54) is 12.1 Å². The first kappa shape index (κ1) is 18.3. The standard InChI is InChI=1S/C22H23FN2O3/c1-14-19-8-7-18(27-2)11-20(19)28-21(14)22(26)24-12-15-9-10-25(13-15)17-5-3-16(23)4-6-17/h3-8,11,15H,9-10,12-13H2,1-2H3,(H,24,26)/t15-/m0/s1. The smallest absolute Gasteiger partial charge is 0.287 e. The highest BCUT2D eigenvalue weighted by molar-refractivity contribution is 5.99. The molecule has 28 heavy (non-hydrogen) atoms. The van der Waals surface area contributed by atoms with E-state index in [0.717, 1.165) is 36.1 Å². The van der Waals surface area contributed by atoms with Crippen molar-refractivity contribution in [1.29, 1.82) is 0 Å². The molecule has 0 radical (unpaired) electrons. The van der Waals surface area contributed by atoms with Crippen molar-refractivity contribution in [3.05, 3.63) is 59.6 Å². The van der Waals surface area contributed by atoms with Crippen molar-refractivity contribution in [2.45, 2.75) is 13.3 Å². The van der Waals surface area contributed by atoms with Gasteiger partial charge in [-0.2, -0.15) is 0 Å². The van der Waals surface area contributed by atoms with Crippen LogP contribution in [0.25, 0.3) is 11.0 Å². The summed E-state index contributed by atoms with van der Waals surface area (Å²) in [6.07, 6.45) is 0.980. The molecular formula is C22H23FN2O3. The van der Waals surface area contributed by atoms with Crippen LogP contribution >= 0.6 is 0 Å². The third-order valence-corrected chi connectivity index (χ3v) is 5.38. The van der Waals surface area contributed by atoms with E-state index in [4.69, 9.17) is 9.15 Å². The Hall–Kier alpha value is -3.02. The van der Waals surface area contributed by atoms with Crippen molar-refractivity contribution in [3.63, 3.8) is 0 Å². The summed E-state index contributed by atoms with van der Waals surface area (Å²) in [5.74, 6) is 0.953. The highest BCUT2D eigenvalue weighted by atomic mass is 19.1. The molecule has 1 aliphatic heterocycles. The molecule has 3 aromatic rings. The molecule has 6 heteroatoms. The molecule has 1 atom stereocenters. The number of aryl methyl sites for hydroxylation is 1. The number of fused-ring (bicyclic) bond motifs is 1. The second-order valence-corrected chi connectivity index (χ2v) is 7.21. The lowest BCUT2D eigenvalue weighted by Crippen LogP contribution is -2.31. The molecule has 1 aliphatic rings. The van der Waals surface area contributed by atoms with Crippen LogP contribution in [0.15, 0.2) is 46.9 Å². The Bertz CT molecular complexity index is 997. The SMILES string of the molecule is COc1ccc2c(C)c(C(=O)NC[C@@H]3CCN(c4ccc(F)cc4)C3)oc2c1. The third-order valence-electron chi connectivity index (χ3n) is 5.38. The number of carbonyl (C=O) groups is 1. The van der Waals surface area contributed by atoms with Crippen LogP contribution in [0.3, 0.4) is 0 Å². The summed E-state index contributed by atoms with van der Waals surface area (Å²) in [6.45, 7) is 4.20. The number of hydrogen-bond acceptors (Lipinski definition) is 4. The lowest BCUT2D eigenvalue weighted by molar-refractivity contribution is 0.0922. The van der Waals surface area contributed by atoms with Crippen LogP contribution in [0.4, 0.5) is 10.1 Å². The van der Waals surface area contributed by atoms with Gasteiger partial charge in [-0.3, -0.25) is 4.79 Å². The number of amides is 1. The van der Waals surface area contributed by atoms with Gasteiger partial charge in [0.25, 0.3) is 5.91 Å². The summed E-state index contributed by atoms with van der Waals surface area (Å²) in [6, 6.07) is 12.1. The molecule has 1 amide bonds. The van der Waals surface area contributed by atoms with Crippen LogP contribution in [0.2, 0.25) is 0 Å². The highest BCUT2D eigenvalue weighted by Gasteiger charge is 2.24. The minimum atomic E-state index is -0.231. The molecule has 0 spiro atoms.